The van der Waals surface area contributed by atoms with Crippen molar-refractivity contribution in [2.45, 2.75) is 35.0 Å². The van der Waals surface area contributed by atoms with E-state index in [1.54, 1.807) is 12.1 Å². The lowest BCUT2D eigenvalue weighted by Gasteiger charge is -2.26. The minimum absolute atomic E-state index is 0.0667. The van der Waals surface area contributed by atoms with Crippen LogP contribution in [0, 0.1) is 5.82 Å². The molecule has 0 saturated carbocycles. The van der Waals surface area contributed by atoms with Gasteiger partial charge in [0, 0.05) is 6.54 Å². The fourth-order valence-electron chi connectivity index (χ4n) is 3.26. The Bertz CT molecular complexity index is 1040. The molecule has 26 heavy (non-hydrogen) atoms. The molecule has 1 atom stereocenters. The highest BCUT2D eigenvalue weighted by Crippen LogP contribution is 2.34. The summed E-state index contributed by atoms with van der Waals surface area (Å²) < 4.78 is 63.4. The van der Waals surface area contributed by atoms with Crippen molar-refractivity contribution in [1.29, 1.82) is 0 Å². The summed E-state index contributed by atoms with van der Waals surface area (Å²) in [6, 6.07) is 9.68. The van der Waals surface area contributed by atoms with Crippen LogP contribution >= 0.6 is 0 Å². The molecule has 0 heterocycles. The zero-order valence-electron chi connectivity index (χ0n) is 13.9. The van der Waals surface area contributed by atoms with Crippen LogP contribution in [0.3, 0.4) is 0 Å². The monoisotopic (exact) mass is 398 g/mol. The van der Waals surface area contributed by atoms with Crippen LogP contribution in [0.15, 0.2) is 52.3 Å². The van der Waals surface area contributed by atoms with E-state index in [9.17, 15) is 21.2 Å². The standard InChI is InChI=1S/C17H19FN2O4S2/c18-14-5-2-6-15(10-14)25(21,22)16-7-8-17-12(9-16)3-1-4-13(17)11-20-26(19,23)24/h2,5-10,13,20H,1,3-4,11H2,(H2,19,23,24)/t13-/m0/s1. The average Bonchev–Trinajstić information content (AvgIpc) is 2.58. The van der Waals surface area contributed by atoms with Crippen LogP contribution < -0.4 is 9.86 Å². The summed E-state index contributed by atoms with van der Waals surface area (Å²) in [4.78, 5) is 0.00241. The maximum atomic E-state index is 13.4. The molecule has 9 heteroatoms. The molecular formula is C17H19FN2O4S2. The molecule has 0 radical (unpaired) electrons. The van der Waals surface area contributed by atoms with E-state index in [1.807, 2.05) is 0 Å². The van der Waals surface area contributed by atoms with E-state index < -0.39 is 25.9 Å². The van der Waals surface area contributed by atoms with Gasteiger partial charge in [-0.15, -0.1) is 0 Å². The number of halogens is 1. The van der Waals surface area contributed by atoms with E-state index in [0.717, 1.165) is 30.0 Å². The number of rotatable bonds is 5. The van der Waals surface area contributed by atoms with Gasteiger partial charge in [-0.25, -0.2) is 22.7 Å². The molecular weight excluding hydrogens is 379 g/mol. The molecule has 140 valence electrons. The number of hydrogen-bond donors (Lipinski definition) is 2. The van der Waals surface area contributed by atoms with Gasteiger partial charge in [0.15, 0.2) is 0 Å². The molecule has 0 aromatic heterocycles. The van der Waals surface area contributed by atoms with Gasteiger partial charge in [-0.3, -0.25) is 0 Å². The van der Waals surface area contributed by atoms with E-state index in [1.165, 1.54) is 24.3 Å². The SMILES string of the molecule is NS(=O)(=O)NC[C@@H]1CCCc2cc(S(=O)(=O)c3cccc(F)c3)ccc21. The third kappa shape index (κ3) is 4.12. The molecule has 2 aromatic carbocycles. The summed E-state index contributed by atoms with van der Waals surface area (Å²) in [5, 5.41) is 4.98. The number of sulfone groups is 1. The minimum atomic E-state index is -3.82. The van der Waals surface area contributed by atoms with Crippen molar-refractivity contribution in [2.24, 2.45) is 5.14 Å². The summed E-state index contributed by atoms with van der Waals surface area (Å²) in [6.07, 6.45) is 2.30. The Morgan fingerprint density at radius 3 is 2.50 bits per heavy atom. The molecule has 3 rings (SSSR count). The largest absolute Gasteiger partial charge is 0.274 e. The fraction of sp³-hybridized carbons (Fsp3) is 0.294. The Morgan fingerprint density at radius 2 is 1.81 bits per heavy atom. The highest BCUT2D eigenvalue weighted by atomic mass is 32.2. The highest BCUT2D eigenvalue weighted by molar-refractivity contribution is 7.91. The lowest BCUT2D eigenvalue weighted by Crippen LogP contribution is -2.34. The first-order valence-corrected chi connectivity index (χ1v) is 11.1. The first-order valence-electron chi connectivity index (χ1n) is 8.08. The Morgan fingerprint density at radius 1 is 1.08 bits per heavy atom. The second-order valence-corrected chi connectivity index (χ2v) is 9.63. The predicted octanol–water partition coefficient (Wildman–Crippen LogP) is 1.87. The van der Waals surface area contributed by atoms with E-state index in [4.69, 9.17) is 5.14 Å². The summed E-state index contributed by atoms with van der Waals surface area (Å²) in [7, 11) is -7.60. The molecule has 0 unspecified atom stereocenters. The van der Waals surface area contributed by atoms with Crippen LogP contribution in [-0.4, -0.2) is 23.4 Å². The maximum absolute atomic E-state index is 13.4. The zero-order valence-corrected chi connectivity index (χ0v) is 15.5. The topological polar surface area (TPSA) is 106 Å². The number of fused-ring (bicyclic) bond motifs is 1. The second-order valence-electron chi connectivity index (χ2n) is 6.30. The van der Waals surface area contributed by atoms with Crippen molar-refractivity contribution in [2.75, 3.05) is 6.54 Å². The van der Waals surface area contributed by atoms with Crippen LogP contribution in [0.1, 0.15) is 29.9 Å². The van der Waals surface area contributed by atoms with Crippen LogP contribution in [0.5, 0.6) is 0 Å². The van der Waals surface area contributed by atoms with Gasteiger partial charge in [-0.05, 0) is 66.6 Å². The van der Waals surface area contributed by atoms with Crippen LogP contribution in [0.2, 0.25) is 0 Å². The molecule has 0 spiro atoms. The second kappa shape index (κ2) is 7.07. The van der Waals surface area contributed by atoms with Crippen LogP contribution in [-0.2, 0) is 26.5 Å². The van der Waals surface area contributed by atoms with Gasteiger partial charge in [0.25, 0.3) is 10.2 Å². The molecule has 1 aliphatic carbocycles. The quantitative estimate of drug-likeness (QED) is 0.802. The first-order chi connectivity index (χ1) is 12.2. The van der Waals surface area contributed by atoms with Crippen LogP contribution in [0.25, 0.3) is 0 Å². The van der Waals surface area contributed by atoms with Crippen molar-refractivity contribution in [3.63, 3.8) is 0 Å². The fourth-order valence-corrected chi connectivity index (χ4v) is 5.03. The normalized spacial score (nSPS) is 17.7. The van der Waals surface area contributed by atoms with Gasteiger partial charge in [0.1, 0.15) is 5.82 Å². The molecule has 0 fully saturated rings. The van der Waals surface area contributed by atoms with Crippen molar-refractivity contribution < 1.29 is 21.2 Å². The number of nitrogens with two attached hydrogens (primary N) is 1. The van der Waals surface area contributed by atoms with E-state index in [2.05, 4.69) is 4.72 Å². The average molecular weight is 398 g/mol. The Hall–Kier alpha value is -1.81. The molecule has 2 aromatic rings. The van der Waals surface area contributed by atoms with Crippen molar-refractivity contribution in [1.82, 2.24) is 4.72 Å². The van der Waals surface area contributed by atoms with Gasteiger partial charge in [0.05, 0.1) is 9.79 Å². The molecule has 0 amide bonds. The third-order valence-corrected chi connectivity index (χ3v) is 6.82. The number of nitrogens with one attached hydrogen (secondary N) is 1. The van der Waals surface area contributed by atoms with Crippen molar-refractivity contribution in [3.05, 3.63) is 59.4 Å². The summed E-state index contributed by atoms with van der Waals surface area (Å²) >= 11 is 0. The minimum Gasteiger partial charge on any atom is -0.219 e. The van der Waals surface area contributed by atoms with E-state index in [0.29, 0.717) is 6.42 Å². The summed E-state index contributed by atoms with van der Waals surface area (Å²) in [6.45, 7) is 0.168. The zero-order chi connectivity index (χ0) is 18.9. The molecule has 0 bridgehead atoms. The molecule has 0 aliphatic heterocycles. The van der Waals surface area contributed by atoms with Gasteiger partial charge in [-0.2, -0.15) is 8.42 Å². The van der Waals surface area contributed by atoms with Gasteiger partial charge >= 0.3 is 0 Å². The summed E-state index contributed by atoms with van der Waals surface area (Å²) in [5.41, 5.74) is 1.76. The molecule has 0 saturated heterocycles. The van der Waals surface area contributed by atoms with Gasteiger partial charge < -0.3 is 0 Å². The van der Waals surface area contributed by atoms with E-state index in [-0.39, 0.29) is 22.3 Å². The third-order valence-electron chi connectivity index (χ3n) is 4.50. The highest BCUT2D eigenvalue weighted by Gasteiger charge is 2.25. The lowest BCUT2D eigenvalue weighted by atomic mass is 9.83. The van der Waals surface area contributed by atoms with E-state index >= 15 is 0 Å². The Balaban J connectivity index is 1.93. The molecule has 6 nitrogen and oxygen atoms in total. The Labute approximate surface area is 152 Å². The predicted molar refractivity (Wildman–Crippen MR) is 95.1 cm³/mol. The van der Waals surface area contributed by atoms with Gasteiger partial charge in [-0.1, -0.05) is 12.1 Å². The van der Waals surface area contributed by atoms with Crippen LogP contribution in [0.4, 0.5) is 4.39 Å². The Kier molecular flexibility index (Phi) is 5.16. The summed E-state index contributed by atoms with van der Waals surface area (Å²) in [5.74, 6) is -0.679. The van der Waals surface area contributed by atoms with Crippen molar-refractivity contribution >= 4 is 20.0 Å². The first kappa shape index (κ1) is 19.0. The maximum Gasteiger partial charge on any atom is 0.274 e. The number of benzene rings is 2. The smallest absolute Gasteiger partial charge is 0.219 e. The van der Waals surface area contributed by atoms with Crippen molar-refractivity contribution in [3.8, 4) is 0 Å². The van der Waals surface area contributed by atoms with Gasteiger partial charge in [0.2, 0.25) is 9.84 Å². The number of hydrogen-bond acceptors (Lipinski definition) is 4. The number of aryl methyl sites for hydroxylation is 1. The molecule has 3 N–H and O–H groups in total. The molecule has 1 aliphatic rings. The lowest BCUT2D eigenvalue weighted by molar-refractivity contribution is 0.528.